The third-order valence-electron chi connectivity index (χ3n) is 1.02. The van der Waals surface area contributed by atoms with Crippen LogP contribution < -0.4 is 0 Å². The number of ether oxygens (including phenoxy) is 2. The Morgan fingerprint density at radius 1 is 1.42 bits per heavy atom. The molecule has 0 N–H and O–H groups in total. The van der Waals surface area contributed by atoms with Crippen molar-refractivity contribution in [2.45, 2.75) is 13.3 Å². The van der Waals surface area contributed by atoms with E-state index in [1.54, 1.807) is 6.21 Å². The Labute approximate surface area is 72.6 Å². The molecule has 0 aromatic carbocycles. The van der Waals surface area contributed by atoms with Crippen LogP contribution in [-0.4, -0.2) is 26.5 Å². The molecule has 0 radical (unpaired) electrons. The van der Waals surface area contributed by atoms with Crippen molar-refractivity contribution in [2.24, 2.45) is 9.98 Å². The first-order chi connectivity index (χ1) is 5.74. The molecule has 0 aromatic rings. The quantitative estimate of drug-likeness (QED) is 0.366. The van der Waals surface area contributed by atoms with E-state index in [0.29, 0.717) is 0 Å². The molecule has 0 rings (SSSR count). The maximum Gasteiger partial charge on any atom is 0.319 e. The minimum absolute atomic E-state index is 0.253. The molecule has 0 unspecified atom stereocenters. The summed E-state index contributed by atoms with van der Waals surface area (Å²) in [4.78, 5) is 7.74. The standard InChI is InChI=1S/C8H14N2O2/c1-5-6-9-8(12-4)10-7(2)11-3/h6H,2,5H2,1,3-4H3/b9-6-,10-8+. The van der Waals surface area contributed by atoms with E-state index in [-0.39, 0.29) is 11.9 Å². The van der Waals surface area contributed by atoms with Gasteiger partial charge in [0.2, 0.25) is 5.88 Å². The van der Waals surface area contributed by atoms with Gasteiger partial charge in [-0.25, -0.2) is 4.99 Å². The van der Waals surface area contributed by atoms with Crippen molar-refractivity contribution < 1.29 is 9.47 Å². The van der Waals surface area contributed by atoms with Crippen LogP contribution >= 0.6 is 0 Å². The van der Waals surface area contributed by atoms with E-state index < -0.39 is 0 Å². The van der Waals surface area contributed by atoms with Gasteiger partial charge < -0.3 is 9.47 Å². The summed E-state index contributed by atoms with van der Waals surface area (Å²) in [5.41, 5.74) is 0. The van der Waals surface area contributed by atoms with Crippen LogP contribution in [0.15, 0.2) is 22.4 Å². The third-order valence-corrected chi connectivity index (χ3v) is 1.02. The summed E-state index contributed by atoms with van der Waals surface area (Å²) in [5, 5.41) is 0. The fourth-order valence-electron chi connectivity index (χ4n) is 0.449. The van der Waals surface area contributed by atoms with Crippen molar-refractivity contribution in [3.8, 4) is 0 Å². The van der Waals surface area contributed by atoms with Crippen molar-refractivity contribution in [3.63, 3.8) is 0 Å². The molecule has 0 fully saturated rings. The summed E-state index contributed by atoms with van der Waals surface area (Å²) in [6.45, 7) is 5.48. The maximum atomic E-state index is 4.84. The predicted octanol–water partition coefficient (Wildman–Crippen LogP) is 1.59. The summed E-state index contributed by atoms with van der Waals surface area (Å²) in [6, 6.07) is 0.253. The molecule has 0 amide bonds. The average molecular weight is 170 g/mol. The second-order valence-electron chi connectivity index (χ2n) is 1.92. The molecule has 0 atom stereocenters. The van der Waals surface area contributed by atoms with Gasteiger partial charge in [0.15, 0.2) is 0 Å². The lowest BCUT2D eigenvalue weighted by molar-refractivity contribution is 0.286. The molecule has 12 heavy (non-hydrogen) atoms. The maximum absolute atomic E-state index is 4.84. The van der Waals surface area contributed by atoms with Crippen molar-refractivity contribution >= 4 is 12.2 Å². The first-order valence-electron chi connectivity index (χ1n) is 3.62. The summed E-state index contributed by atoms with van der Waals surface area (Å²) >= 11 is 0. The predicted molar refractivity (Wildman–Crippen MR) is 49.4 cm³/mol. The fraction of sp³-hybridized carbons (Fsp3) is 0.500. The minimum Gasteiger partial charge on any atom is -0.481 e. The van der Waals surface area contributed by atoms with Gasteiger partial charge in [-0.2, -0.15) is 4.99 Å². The van der Waals surface area contributed by atoms with E-state index in [4.69, 9.17) is 9.47 Å². The molecule has 0 aliphatic carbocycles. The Hall–Kier alpha value is -1.32. The van der Waals surface area contributed by atoms with Crippen molar-refractivity contribution in [3.05, 3.63) is 12.5 Å². The van der Waals surface area contributed by atoms with Crippen LogP contribution in [0.2, 0.25) is 0 Å². The zero-order valence-corrected chi connectivity index (χ0v) is 7.70. The Bertz CT molecular complexity index is 197. The Morgan fingerprint density at radius 3 is 2.50 bits per heavy atom. The lowest BCUT2D eigenvalue weighted by atomic mass is 10.5. The summed E-state index contributed by atoms with van der Waals surface area (Å²) in [7, 11) is 2.98. The van der Waals surface area contributed by atoms with Crippen LogP contribution in [0.5, 0.6) is 0 Å². The van der Waals surface area contributed by atoms with E-state index in [2.05, 4.69) is 16.6 Å². The molecule has 0 heterocycles. The molecular formula is C8H14N2O2. The monoisotopic (exact) mass is 170 g/mol. The summed E-state index contributed by atoms with van der Waals surface area (Å²) in [6.07, 6.45) is 2.53. The molecule has 4 nitrogen and oxygen atoms in total. The first-order valence-corrected chi connectivity index (χ1v) is 3.62. The number of methoxy groups -OCH3 is 2. The number of hydrogen-bond donors (Lipinski definition) is 0. The SMILES string of the molecule is C=C(/N=C(\N=C/CC)OC)OC. The first kappa shape index (κ1) is 10.7. The zero-order valence-electron chi connectivity index (χ0n) is 7.70. The topological polar surface area (TPSA) is 43.2 Å². The molecule has 0 aliphatic heterocycles. The number of rotatable bonds is 3. The lowest BCUT2D eigenvalue weighted by Crippen LogP contribution is -1.98. The van der Waals surface area contributed by atoms with Gasteiger partial charge in [-0.15, -0.1) is 0 Å². The van der Waals surface area contributed by atoms with Gasteiger partial charge in [0, 0.05) is 6.21 Å². The van der Waals surface area contributed by atoms with Gasteiger partial charge in [0.1, 0.15) is 0 Å². The highest BCUT2D eigenvalue weighted by Crippen LogP contribution is 1.95. The van der Waals surface area contributed by atoms with Crippen LogP contribution in [-0.2, 0) is 9.47 Å². The molecule has 0 aliphatic rings. The smallest absolute Gasteiger partial charge is 0.319 e. The van der Waals surface area contributed by atoms with Gasteiger partial charge >= 0.3 is 6.02 Å². The molecule has 0 aromatic heterocycles. The molecule has 68 valence electrons. The highest BCUT2D eigenvalue weighted by atomic mass is 16.5. The van der Waals surface area contributed by atoms with Crippen molar-refractivity contribution in [1.29, 1.82) is 0 Å². The Kier molecular flexibility index (Phi) is 5.69. The number of nitrogens with zero attached hydrogens (tertiary/aromatic N) is 2. The van der Waals surface area contributed by atoms with E-state index in [0.717, 1.165) is 6.42 Å². The lowest BCUT2D eigenvalue weighted by Gasteiger charge is -1.99. The van der Waals surface area contributed by atoms with E-state index in [1.807, 2.05) is 6.92 Å². The second kappa shape index (κ2) is 6.39. The fourth-order valence-corrected chi connectivity index (χ4v) is 0.449. The highest BCUT2D eigenvalue weighted by molar-refractivity contribution is 5.83. The normalized spacial score (nSPS) is 11.8. The average Bonchev–Trinajstić information content (AvgIpc) is 2.11. The number of hydrogen-bond acceptors (Lipinski definition) is 3. The van der Waals surface area contributed by atoms with Crippen LogP contribution in [0.1, 0.15) is 13.3 Å². The van der Waals surface area contributed by atoms with Gasteiger partial charge in [0.25, 0.3) is 0 Å². The largest absolute Gasteiger partial charge is 0.481 e. The van der Waals surface area contributed by atoms with Gasteiger partial charge in [-0.05, 0) is 13.0 Å². The third kappa shape index (κ3) is 4.49. The molecule has 0 bridgehead atoms. The Morgan fingerprint density at radius 2 is 2.08 bits per heavy atom. The van der Waals surface area contributed by atoms with Crippen LogP contribution in [0.25, 0.3) is 0 Å². The van der Waals surface area contributed by atoms with Gasteiger partial charge in [-0.1, -0.05) is 6.92 Å². The van der Waals surface area contributed by atoms with Crippen molar-refractivity contribution in [2.75, 3.05) is 14.2 Å². The molecule has 0 spiro atoms. The van der Waals surface area contributed by atoms with E-state index in [9.17, 15) is 0 Å². The van der Waals surface area contributed by atoms with E-state index in [1.165, 1.54) is 14.2 Å². The van der Waals surface area contributed by atoms with E-state index >= 15 is 0 Å². The van der Waals surface area contributed by atoms with Gasteiger partial charge in [0.05, 0.1) is 14.2 Å². The summed E-state index contributed by atoms with van der Waals surface area (Å²) < 4.78 is 9.56. The van der Waals surface area contributed by atoms with Crippen LogP contribution in [0.3, 0.4) is 0 Å². The number of aliphatic imine (C=N–C) groups is 2. The van der Waals surface area contributed by atoms with Crippen LogP contribution in [0, 0.1) is 0 Å². The van der Waals surface area contributed by atoms with Crippen LogP contribution in [0.4, 0.5) is 0 Å². The minimum atomic E-state index is 0.253. The highest BCUT2D eigenvalue weighted by Gasteiger charge is 1.94. The zero-order chi connectivity index (χ0) is 9.40. The molecule has 0 saturated carbocycles. The summed E-state index contributed by atoms with van der Waals surface area (Å²) in [5.74, 6) is 0.278. The number of amidine groups is 1. The molecular weight excluding hydrogens is 156 g/mol. The second-order valence-corrected chi connectivity index (χ2v) is 1.92. The Balaban J connectivity index is 4.22. The van der Waals surface area contributed by atoms with Crippen molar-refractivity contribution in [1.82, 2.24) is 0 Å². The van der Waals surface area contributed by atoms with Gasteiger partial charge in [-0.3, -0.25) is 0 Å². The molecule has 0 saturated heterocycles. The molecule has 4 heteroatoms.